The third kappa shape index (κ3) is 3.25. The fraction of sp³-hybridized carbons (Fsp3) is 0.625. The van der Waals surface area contributed by atoms with Crippen LogP contribution in [-0.2, 0) is 16.6 Å². The molecule has 0 unspecified atom stereocenters. The average Bonchev–Trinajstić information content (AvgIpc) is 3.14. The molecule has 3 rings (SSSR count). The minimum absolute atomic E-state index is 0.125. The van der Waals surface area contributed by atoms with Gasteiger partial charge in [0.1, 0.15) is 10.7 Å². The molecule has 0 saturated heterocycles. The Morgan fingerprint density at radius 1 is 1.33 bits per heavy atom. The molecule has 0 spiro atoms. The minimum atomic E-state index is -3.57. The topological polar surface area (TPSA) is 81.8 Å². The number of aryl methyl sites for hydroxylation is 1. The lowest BCUT2D eigenvalue weighted by atomic mass is 10.3. The van der Waals surface area contributed by atoms with Crippen molar-refractivity contribution in [3.8, 4) is 0 Å². The van der Waals surface area contributed by atoms with Crippen molar-refractivity contribution >= 4 is 10.0 Å². The zero-order chi connectivity index (χ0) is 17.5. The number of nitrogens with zero attached hydrogens (tertiary/aromatic N) is 4. The predicted octanol–water partition coefficient (Wildman–Crippen LogP) is 2.13. The van der Waals surface area contributed by atoms with Crippen molar-refractivity contribution in [2.45, 2.75) is 63.9 Å². The second-order valence-electron chi connectivity index (χ2n) is 6.69. The highest BCUT2D eigenvalue weighted by atomic mass is 32.2. The molecule has 2 aromatic rings. The van der Waals surface area contributed by atoms with Crippen molar-refractivity contribution in [2.75, 3.05) is 6.54 Å². The number of sulfonamides is 1. The van der Waals surface area contributed by atoms with E-state index in [4.69, 9.17) is 0 Å². The summed E-state index contributed by atoms with van der Waals surface area (Å²) in [5, 5.41) is 4.36. The molecule has 8 heteroatoms. The molecule has 1 N–H and O–H groups in total. The number of nitrogens with one attached hydrogen (secondary N) is 1. The largest absolute Gasteiger partial charge is 0.333 e. The van der Waals surface area contributed by atoms with E-state index in [2.05, 4.69) is 14.8 Å². The quantitative estimate of drug-likeness (QED) is 0.828. The molecule has 0 aromatic carbocycles. The van der Waals surface area contributed by atoms with E-state index in [9.17, 15) is 8.42 Å². The molecule has 1 fully saturated rings. The lowest BCUT2D eigenvalue weighted by Gasteiger charge is -2.11. The van der Waals surface area contributed by atoms with Gasteiger partial charge in [-0.05, 0) is 40.5 Å². The summed E-state index contributed by atoms with van der Waals surface area (Å²) >= 11 is 0. The van der Waals surface area contributed by atoms with Gasteiger partial charge in [0.25, 0.3) is 0 Å². The second-order valence-corrected chi connectivity index (χ2v) is 8.39. The lowest BCUT2D eigenvalue weighted by Crippen LogP contribution is -2.28. The zero-order valence-electron chi connectivity index (χ0n) is 14.7. The van der Waals surface area contributed by atoms with Gasteiger partial charge in [-0.15, -0.1) is 0 Å². The maximum atomic E-state index is 12.7. The van der Waals surface area contributed by atoms with Gasteiger partial charge < -0.3 is 4.57 Å². The molecule has 0 radical (unpaired) electrons. The molecule has 1 aliphatic carbocycles. The SMILES string of the molecule is Cc1nn(C(C)C)c(C)c1S(=O)(=O)NCCn1ccnc1C1CC1. The van der Waals surface area contributed by atoms with Gasteiger partial charge in [-0.1, -0.05) is 0 Å². The summed E-state index contributed by atoms with van der Waals surface area (Å²) < 4.78 is 31.9. The molecule has 0 atom stereocenters. The first kappa shape index (κ1) is 17.2. The van der Waals surface area contributed by atoms with Crippen molar-refractivity contribution in [3.63, 3.8) is 0 Å². The Bertz CT molecular complexity index is 831. The number of imidazole rings is 1. The number of hydrogen-bond donors (Lipinski definition) is 1. The Morgan fingerprint density at radius 2 is 2.04 bits per heavy atom. The van der Waals surface area contributed by atoms with Crippen LogP contribution in [0.25, 0.3) is 0 Å². The van der Waals surface area contributed by atoms with Crippen molar-refractivity contribution in [2.24, 2.45) is 0 Å². The van der Waals surface area contributed by atoms with Crippen LogP contribution in [0.4, 0.5) is 0 Å². The number of aromatic nitrogens is 4. The summed E-state index contributed by atoms with van der Waals surface area (Å²) in [6, 6.07) is 0.125. The molecule has 0 aliphatic heterocycles. The third-order valence-corrected chi connectivity index (χ3v) is 6.06. The van der Waals surface area contributed by atoms with Crippen LogP contribution >= 0.6 is 0 Å². The van der Waals surface area contributed by atoms with E-state index in [1.165, 1.54) is 12.8 Å². The first-order valence-electron chi connectivity index (χ1n) is 8.37. The first-order chi connectivity index (χ1) is 11.3. The van der Waals surface area contributed by atoms with Crippen molar-refractivity contribution in [1.29, 1.82) is 0 Å². The highest BCUT2D eigenvalue weighted by Gasteiger charge is 2.28. The smallest absolute Gasteiger partial charge is 0.244 e. The van der Waals surface area contributed by atoms with E-state index < -0.39 is 10.0 Å². The highest BCUT2D eigenvalue weighted by Crippen LogP contribution is 2.38. The first-order valence-corrected chi connectivity index (χ1v) is 9.86. The van der Waals surface area contributed by atoms with Gasteiger partial charge in [-0.25, -0.2) is 18.1 Å². The summed E-state index contributed by atoms with van der Waals surface area (Å²) in [6.45, 7) is 8.44. The average molecular weight is 351 g/mol. The monoisotopic (exact) mass is 351 g/mol. The van der Waals surface area contributed by atoms with Gasteiger partial charge >= 0.3 is 0 Å². The maximum absolute atomic E-state index is 12.7. The van der Waals surface area contributed by atoms with Crippen LogP contribution in [0.5, 0.6) is 0 Å². The summed E-state index contributed by atoms with van der Waals surface area (Å²) in [5.41, 5.74) is 1.21. The molecule has 7 nitrogen and oxygen atoms in total. The third-order valence-electron chi connectivity index (χ3n) is 4.35. The van der Waals surface area contributed by atoms with E-state index in [0.29, 0.717) is 35.3 Å². The van der Waals surface area contributed by atoms with Crippen LogP contribution in [0.1, 0.15) is 55.9 Å². The zero-order valence-corrected chi connectivity index (χ0v) is 15.5. The molecule has 2 heterocycles. The van der Waals surface area contributed by atoms with Crippen LogP contribution in [-0.4, -0.2) is 34.3 Å². The van der Waals surface area contributed by atoms with E-state index >= 15 is 0 Å². The van der Waals surface area contributed by atoms with Crippen LogP contribution in [0.3, 0.4) is 0 Å². The Labute approximate surface area is 143 Å². The van der Waals surface area contributed by atoms with E-state index in [0.717, 1.165) is 5.82 Å². The molecule has 0 amide bonds. The summed E-state index contributed by atoms with van der Waals surface area (Å²) in [5.74, 6) is 1.61. The lowest BCUT2D eigenvalue weighted by molar-refractivity contribution is 0.514. The Hall–Kier alpha value is -1.67. The molecule has 0 bridgehead atoms. The van der Waals surface area contributed by atoms with Crippen LogP contribution < -0.4 is 4.72 Å². The molecule has 24 heavy (non-hydrogen) atoms. The van der Waals surface area contributed by atoms with Crippen LogP contribution in [0, 0.1) is 13.8 Å². The summed E-state index contributed by atoms with van der Waals surface area (Å²) in [7, 11) is -3.57. The van der Waals surface area contributed by atoms with Crippen molar-refractivity contribution < 1.29 is 8.42 Å². The van der Waals surface area contributed by atoms with Gasteiger partial charge in [0.05, 0.1) is 11.4 Å². The molecule has 132 valence electrons. The molecule has 1 aliphatic rings. The normalized spacial score (nSPS) is 15.4. The van der Waals surface area contributed by atoms with Crippen LogP contribution in [0.15, 0.2) is 17.3 Å². The number of rotatable bonds is 7. The van der Waals surface area contributed by atoms with Crippen molar-refractivity contribution in [1.82, 2.24) is 24.1 Å². The van der Waals surface area contributed by atoms with E-state index in [1.54, 1.807) is 24.7 Å². The molecular weight excluding hydrogens is 326 g/mol. The standard InChI is InChI=1S/C16H25N5O2S/c1-11(2)21-13(4)15(12(3)19-21)24(22,23)18-8-10-20-9-7-17-16(20)14-5-6-14/h7,9,11,14,18H,5-6,8,10H2,1-4H3. The Balaban J connectivity index is 1.71. The van der Waals surface area contributed by atoms with Gasteiger partial charge in [0.15, 0.2) is 0 Å². The molecular formula is C16H25N5O2S. The van der Waals surface area contributed by atoms with Crippen molar-refractivity contribution in [3.05, 3.63) is 29.6 Å². The Morgan fingerprint density at radius 3 is 2.62 bits per heavy atom. The van der Waals surface area contributed by atoms with Gasteiger partial charge in [0, 0.05) is 37.4 Å². The minimum Gasteiger partial charge on any atom is -0.333 e. The molecule has 2 aromatic heterocycles. The van der Waals surface area contributed by atoms with E-state index in [-0.39, 0.29) is 6.04 Å². The second kappa shape index (κ2) is 6.33. The van der Waals surface area contributed by atoms with Gasteiger partial charge in [-0.3, -0.25) is 4.68 Å². The fourth-order valence-corrected chi connectivity index (χ4v) is 4.54. The predicted molar refractivity (Wildman–Crippen MR) is 91.5 cm³/mol. The molecule has 1 saturated carbocycles. The maximum Gasteiger partial charge on any atom is 0.244 e. The highest BCUT2D eigenvalue weighted by molar-refractivity contribution is 7.89. The van der Waals surface area contributed by atoms with Gasteiger partial charge in [0.2, 0.25) is 10.0 Å². The Kier molecular flexibility index (Phi) is 4.52. The van der Waals surface area contributed by atoms with Crippen LogP contribution in [0.2, 0.25) is 0 Å². The van der Waals surface area contributed by atoms with Gasteiger partial charge in [-0.2, -0.15) is 5.10 Å². The summed E-state index contributed by atoms with van der Waals surface area (Å²) in [6.07, 6.45) is 6.05. The van der Waals surface area contributed by atoms with E-state index in [1.807, 2.05) is 24.6 Å². The summed E-state index contributed by atoms with van der Waals surface area (Å²) in [4.78, 5) is 4.67. The fourth-order valence-electron chi connectivity index (χ4n) is 3.12. The number of hydrogen-bond acceptors (Lipinski definition) is 4.